The second-order valence-electron chi connectivity index (χ2n) is 3.81. The molecule has 0 radical (unpaired) electrons. The lowest BCUT2D eigenvalue weighted by atomic mass is 10.1. The van der Waals surface area contributed by atoms with E-state index >= 15 is 0 Å². The number of nitrogens with zero attached hydrogens (tertiary/aromatic N) is 2. The number of hydrogen-bond donors (Lipinski definition) is 0. The maximum absolute atomic E-state index is 11.8. The molecule has 2 rings (SSSR count). The van der Waals surface area contributed by atoms with Crippen LogP contribution in [0.1, 0.15) is 10.4 Å². The number of anilines is 1. The van der Waals surface area contributed by atoms with Gasteiger partial charge in [0.1, 0.15) is 6.54 Å². The van der Waals surface area contributed by atoms with Gasteiger partial charge in [-0.15, -0.1) is 0 Å². The minimum absolute atomic E-state index is 0.216. The van der Waals surface area contributed by atoms with E-state index in [1.807, 2.05) is 0 Å². The number of amides is 2. The molecule has 6 nitrogen and oxygen atoms in total. The maximum Gasteiger partial charge on any atom is 0.299 e. The highest BCUT2D eigenvalue weighted by atomic mass is 16.7. The molecular weight excluding hydrogens is 236 g/mol. The average Bonchev–Trinajstić information content (AvgIpc) is 2.63. The molecule has 2 amide bonds. The molecule has 0 spiro atoms. The van der Waals surface area contributed by atoms with Gasteiger partial charge in [0.2, 0.25) is 0 Å². The summed E-state index contributed by atoms with van der Waals surface area (Å²) in [4.78, 5) is 41.0. The van der Waals surface area contributed by atoms with Crippen LogP contribution in [-0.4, -0.2) is 43.4 Å². The summed E-state index contributed by atoms with van der Waals surface area (Å²) in [5, 5.41) is 1.01. The fourth-order valence-electron chi connectivity index (χ4n) is 1.74. The van der Waals surface area contributed by atoms with Gasteiger partial charge in [-0.05, 0) is 12.1 Å². The molecule has 0 unspecified atom stereocenters. The molecule has 1 aliphatic rings. The predicted octanol–water partition coefficient (Wildman–Crippen LogP) is 0.236. The van der Waals surface area contributed by atoms with Gasteiger partial charge < -0.3 is 0 Å². The van der Waals surface area contributed by atoms with E-state index in [1.54, 1.807) is 24.3 Å². The van der Waals surface area contributed by atoms with Crippen molar-refractivity contribution in [2.75, 3.05) is 25.6 Å². The van der Waals surface area contributed by atoms with Crippen molar-refractivity contribution in [2.24, 2.45) is 0 Å². The number of rotatable bonds is 3. The van der Waals surface area contributed by atoms with Crippen LogP contribution in [0.5, 0.6) is 0 Å². The van der Waals surface area contributed by atoms with Gasteiger partial charge in [-0.25, -0.2) is 5.06 Å². The van der Waals surface area contributed by atoms with Crippen LogP contribution in [0.2, 0.25) is 0 Å². The summed E-state index contributed by atoms with van der Waals surface area (Å²) in [6.45, 7) is -0.216. The molecule has 0 saturated carbocycles. The molecule has 0 fully saturated rings. The number of fused-ring (bicyclic) bond motifs is 1. The first kappa shape index (κ1) is 12.3. The van der Waals surface area contributed by atoms with Gasteiger partial charge in [0.05, 0.1) is 18.4 Å². The third-order valence-electron chi connectivity index (χ3n) is 2.80. The first-order chi connectivity index (χ1) is 8.56. The molecule has 0 atom stereocenters. The monoisotopic (exact) mass is 248 g/mol. The van der Waals surface area contributed by atoms with Crippen LogP contribution in [-0.2, 0) is 14.4 Å². The van der Waals surface area contributed by atoms with Crippen LogP contribution < -0.4 is 4.90 Å². The number of Topliss-reactive ketones (excluding diaryl/α,β-unsaturated/α-hetero) is 1. The third-order valence-corrected chi connectivity index (χ3v) is 2.80. The van der Waals surface area contributed by atoms with E-state index < -0.39 is 17.6 Å². The number of carbonyl (C=O) groups excluding carboxylic acids is 3. The van der Waals surface area contributed by atoms with Crippen molar-refractivity contribution in [1.29, 1.82) is 0 Å². The summed E-state index contributed by atoms with van der Waals surface area (Å²) < 4.78 is 0. The fourth-order valence-corrected chi connectivity index (χ4v) is 1.74. The van der Waals surface area contributed by atoms with Crippen LogP contribution in [0.15, 0.2) is 24.3 Å². The molecule has 0 saturated heterocycles. The summed E-state index contributed by atoms with van der Waals surface area (Å²) in [7, 11) is 2.79. The Bertz CT molecular complexity index is 527. The van der Waals surface area contributed by atoms with Gasteiger partial charge in [-0.3, -0.25) is 24.1 Å². The normalized spacial score (nSPS) is 13.8. The topological polar surface area (TPSA) is 66.9 Å². The highest BCUT2D eigenvalue weighted by Gasteiger charge is 2.36. The van der Waals surface area contributed by atoms with E-state index in [-0.39, 0.29) is 6.54 Å². The van der Waals surface area contributed by atoms with E-state index in [9.17, 15) is 14.4 Å². The maximum atomic E-state index is 11.8. The minimum Gasteiger partial charge on any atom is -0.295 e. The second kappa shape index (κ2) is 4.58. The van der Waals surface area contributed by atoms with Crippen molar-refractivity contribution < 1.29 is 19.2 Å². The Balaban J connectivity index is 2.27. The first-order valence-electron chi connectivity index (χ1n) is 5.32. The van der Waals surface area contributed by atoms with Crippen LogP contribution >= 0.6 is 0 Å². The van der Waals surface area contributed by atoms with Gasteiger partial charge in [0.15, 0.2) is 0 Å². The number of ketones is 1. The lowest BCUT2D eigenvalue weighted by Gasteiger charge is -2.19. The van der Waals surface area contributed by atoms with Crippen LogP contribution in [0.25, 0.3) is 0 Å². The average molecular weight is 248 g/mol. The van der Waals surface area contributed by atoms with Crippen molar-refractivity contribution in [3.63, 3.8) is 0 Å². The SMILES string of the molecule is CON(C)C(=O)CN1C(=O)C(=O)c2ccccc21. The molecule has 94 valence electrons. The van der Waals surface area contributed by atoms with E-state index in [4.69, 9.17) is 4.84 Å². The summed E-state index contributed by atoms with van der Waals surface area (Å²) in [6, 6.07) is 6.59. The Labute approximate surface area is 104 Å². The zero-order chi connectivity index (χ0) is 13.3. The van der Waals surface area contributed by atoms with Gasteiger partial charge in [-0.2, -0.15) is 0 Å². The molecule has 0 aromatic heterocycles. The Kier molecular flexibility index (Phi) is 3.12. The molecule has 0 N–H and O–H groups in total. The number of carbonyl (C=O) groups is 3. The van der Waals surface area contributed by atoms with Crippen LogP contribution in [0.4, 0.5) is 5.69 Å². The first-order valence-corrected chi connectivity index (χ1v) is 5.32. The van der Waals surface area contributed by atoms with E-state index in [2.05, 4.69) is 0 Å². The smallest absolute Gasteiger partial charge is 0.295 e. The molecule has 0 aliphatic carbocycles. The number of benzene rings is 1. The third kappa shape index (κ3) is 1.86. The predicted molar refractivity (Wildman–Crippen MR) is 62.9 cm³/mol. The van der Waals surface area contributed by atoms with Gasteiger partial charge in [0.25, 0.3) is 17.6 Å². The zero-order valence-electron chi connectivity index (χ0n) is 10.0. The minimum atomic E-state index is -0.686. The lowest BCUT2D eigenvalue weighted by Crippen LogP contribution is -2.40. The molecule has 18 heavy (non-hydrogen) atoms. The van der Waals surface area contributed by atoms with Gasteiger partial charge in [0, 0.05) is 7.05 Å². The number of likely N-dealkylation sites (N-methyl/N-ethyl adjacent to an activating group) is 1. The Morgan fingerprint density at radius 3 is 2.67 bits per heavy atom. The van der Waals surface area contributed by atoms with E-state index in [1.165, 1.54) is 14.2 Å². The highest BCUT2D eigenvalue weighted by molar-refractivity contribution is 6.52. The van der Waals surface area contributed by atoms with Crippen molar-refractivity contribution >= 4 is 23.3 Å². The molecule has 1 aromatic carbocycles. The standard InChI is InChI=1S/C12H12N2O4/c1-13(18-2)10(15)7-14-9-6-4-3-5-8(9)11(16)12(14)17/h3-6H,7H2,1-2H3. The largest absolute Gasteiger partial charge is 0.299 e. The molecule has 6 heteroatoms. The number of para-hydroxylation sites is 1. The Hall–Kier alpha value is -2.21. The molecular formula is C12H12N2O4. The van der Waals surface area contributed by atoms with Gasteiger partial charge in [-0.1, -0.05) is 12.1 Å². The van der Waals surface area contributed by atoms with Crippen molar-refractivity contribution in [1.82, 2.24) is 5.06 Å². The van der Waals surface area contributed by atoms with Crippen molar-refractivity contribution in [3.8, 4) is 0 Å². The lowest BCUT2D eigenvalue weighted by molar-refractivity contribution is -0.167. The quantitative estimate of drug-likeness (QED) is 0.567. The van der Waals surface area contributed by atoms with E-state index in [0.717, 1.165) is 9.96 Å². The summed E-state index contributed by atoms with van der Waals surface area (Å²) in [6.07, 6.45) is 0. The molecule has 1 aromatic rings. The van der Waals surface area contributed by atoms with E-state index in [0.29, 0.717) is 11.3 Å². The Morgan fingerprint density at radius 2 is 2.00 bits per heavy atom. The summed E-state index contributed by atoms with van der Waals surface area (Å²) in [5.74, 6) is -1.68. The molecule has 1 heterocycles. The highest BCUT2D eigenvalue weighted by Crippen LogP contribution is 2.28. The number of hydrogen-bond acceptors (Lipinski definition) is 4. The summed E-state index contributed by atoms with van der Waals surface area (Å²) >= 11 is 0. The summed E-state index contributed by atoms with van der Waals surface area (Å²) in [5.41, 5.74) is 0.792. The zero-order valence-corrected chi connectivity index (χ0v) is 10.0. The van der Waals surface area contributed by atoms with Crippen molar-refractivity contribution in [3.05, 3.63) is 29.8 Å². The van der Waals surface area contributed by atoms with Crippen LogP contribution in [0.3, 0.4) is 0 Å². The number of hydroxylamine groups is 2. The Morgan fingerprint density at radius 1 is 1.33 bits per heavy atom. The molecule has 0 bridgehead atoms. The van der Waals surface area contributed by atoms with Crippen molar-refractivity contribution in [2.45, 2.75) is 0 Å². The van der Waals surface area contributed by atoms with Gasteiger partial charge >= 0.3 is 0 Å². The van der Waals surface area contributed by atoms with Crippen LogP contribution in [0, 0.1) is 0 Å². The molecule has 1 aliphatic heterocycles. The second-order valence-corrected chi connectivity index (χ2v) is 3.81. The fraction of sp³-hybridized carbons (Fsp3) is 0.250.